The Kier molecular flexibility index (Phi) is 8.80. The number of alkyl halides is 5. The number of rotatable bonds is 8. The summed E-state index contributed by atoms with van der Waals surface area (Å²) in [6.45, 7) is 1.98. The third-order valence-electron chi connectivity index (χ3n) is 3.15. The molecule has 0 rings (SSSR count). The summed E-state index contributed by atoms with van der Waals surface area (Å²) in [5, 5.41) is 2.29. The third-order valence-corrected chi connectivity index (χ3v) is 3.15. The fourth-order valence-electron chi connectivity index (χ4n) is 1.90. The molecule has 12 heteroatoms. The maximum Gasteiger partial charge on any atom is 0.456 e. The van der Waals surface area contributed by atoms with Crippen LogP contribution in [0.4, 0.5) is 22.0 Å². The first-order chi connectivity index (χ1) is 12.1. The Morgan fingerprint density at radius 2 is 1.56 bits per heavy atom. The molecule has 0 heterocycles. The van der Waals surface area contributed by atoms with E-state index in [1.54, 1.807) is 13.8 Å². The molecule has 3 amide bonds. The predicted octanol–water partition coefficient (Wildman–Crippen LogP) is 1.65. The van der Waals surface area contributed by atoms with Crippen LogP contribution >= 0.6 is 0 Å². The first kappa shape index (κ1) is 24.7. The minimum atomic E-state index is -5.92. The van der Waals surface area contributed by atoms with Gasteiger partial charge in [0.05, 0.1) is 0 Å². The van der Waals surface area contributed by atoms with Crippen LogP contribution in [-0.4, -0.2) is 59.9 Å². The average molecular weight is 404 g/mol. The molecule has 0 radical (unpaired) electrons. The van der Waals surface area contributed by atoms with Crippen LogP contribution in [0, 0.1) is 5.92 Å². The molecule has 0 saturated carbocycles. The van der Waals surface area contributed by atoms with Gasteiger partial charge in [-0.3, -0.25) is 24.1 Å². The summed E-state index contributed by atoms with van der Waals surface area (Å²) in [5.41, 5.74) is 0. The largest absolute Gasteiger partial charge is 0.458 e. The molecule has 0 spiro atoms. The molecule has 0 aliphatic carbocycles. The van der Waals surface area contributed by atoms with Gasteiger partial charge in [-0.2, -0.15) is 22.0 Å². The molecule has 0 aromatic rings. The molecule has 0 fully saturated rings. The van der Waals surface area contributed by atoms with Crippen molar-refractivity contribution < 1.29 is 45.9 Å². The lowest BCUT2D eigenvalue weighted by molar-refractivity contribution is -0.294. The van der Waals surface area contributed by atoms with Crippen molar-refractivity contribution >= 4 is 23.7 Å². The summed E-state index contributed by atoms with van der Waals surface area (Å²) in [6, 6.07) is -1.18. The van der Waals surface area contributed by atoms with Gasteiger partial charge in [-0.25, -0.2) is 0 Å². The summed E-state index contributed by atoms with van der Waals surface area (Å²) in [6.07, 6.45) is -5.82. The van der Waals surface area contributed by atoms with E-state index < -0.39 is 55.0 Å². The highest BCUT2D eigenvalue weighted by molar-refractivity contribution is 6.00. The van der Waals surface area contributed by atoms with Crippen LogP contribution in [-0.2, 0) is 23.9 Å². The van der Waals surface area contributed by atoms with E-state index in [1.165, 1.54) is 0 Å². The van der Waals surface area contributed by atoms with Gasteiger partial charge in [0.2, 0.25) is 11.8 Å². The Bertz CT molecular complexity index is 577. The molecule has 0 saturated heterocycles. The summed E-state index contributed by atoms with van der Waals surface area (Å²) in [7, 11) is 0. The summed E-state index contributed by atoms with van der Waals surface area (Å²) >= 11 is 0. The molecule has 0 bridgehead atoms. The second-order valence-corrected chi connectivity index (χ2v) is 6.19. The van der Waals surface area contributed by atoms with Crippen LogP contribution in [0.5, 0.6) is 0 Å². The van der Waals surface area contributed by atoms with Crippen molar-refractivity contribution in [3.63, 3.8) is 0 Å². The summed E-state index contributed by atoms with van der Waals surface area (Å²) < 4.78 is 65.5. The van der Waals surface area contributed by atoms with Gasteiger partial charge in [-0.15, -0.1) is 0 Å². The highest BCUT2D eigenvalue weighted by Crippen LogP contribution is 2.35. The van der Waals surface area contributed by atoms with E-state index in [-0.39, 0.29) is 12.3 Å². The van der Waals surface area contributed by atoms with Crippen LogP contribution in [0.15, 0.2) is 0 Å². The SMILES string of the molecule is CC(=O)NC(CC(C)C)C(=O)N(CC(=O)OCC(F)(F)C(F)(F)F)C(C)=O. The van der Waals surface area contributed by atoms with E-state index in [2.05, 4.69) is 10.1 Å². The molecule has 0 aliphatic heterocycles. The maximum atomic E-state index is 12.8. The zero-order valence-electron chi connectivity index (χ0n) is 15.2. The summed E-state index contributed by atoms with van der Waals surface area (Å²) in [4.78, 5) is 47.1. The molecule has 1 unspecified atom stereocenters. The maximum absolute atomic E-state index is 12.8. The predicted molar refractivity (Wildman–Crippen MR) is 81.4 cm³/mol. The van der Waals surface area contributed by atoms with Crippen LogP contribution in [0.3, 0.4) is 0 Å². The molecule has 27 heavy (non-hydrogen) atoms. The molecule has 7 nitrogen and oxygen atoms in total. The van der Waals surface area contributed by atoms with Crippen molar-refractivity contribution in [2.75, 3.05) is 13.2 Å². The molecule has 0 aliphatic rings. The topological polar surface area (TPSA) is 92.8 Å². The average Bonchev–Trinajstić information content (AvgIpc) is 2.47. The highest BCUT2D eigenvalue weighted by atomic mass is 19.4. The zero-order valence-corrected chi connectivity index (χ0v) is 15.2. The van der Waals surface area contributed by atoms with E-state index in [1.807, 2.05) is 0 Å². The number of ether oxygens (including phenoxy) is 1. The van der Waals surface area contributed by atoms with Gasteiger partial charge in [-0.1, -0.05) is 13.8 Å². The van der Waals surface area contributed by atoms with Crippen LogP contribution in [0.2, 0.25) is 0 Å². The Morgan fingerprint density at radius 1 is 1.04 bits per heavy atom. The number of hydrogen-bond acceptors (Lipinski definition) is 5. The van der Waals surface area contributed by atoms with Crippen molar-refractivity contribution in [2.24, 2.45) is 5.92 Å². The minimum Gasteiger partial charge on any atom is -0.458 e. The molecule has 1 N–H and O–H groups in total. The number of halogens is 5. The lowest BCUT2D eigenvalue weighted by Gasteiger charge is -2.26. The Hall–Kier alpha value is -2.27. The van der Waals surface area contributed by atoms with Crippen molar-refractivity contribution in [1.29, 1.82) is 0 Å². The molecule has 0 aromatic carbocycles. The van der Waals surface area contributed by atoms with Crippen molar-refractivity contribution in [3.8, 4) is 0 Å². The number of amides is 3. The van der Waals surface area contributed by atoms with E-state index in [9.17, 15) is 41.1 Å². The smallest absolute Gasteiger partial charge is 0.456 e. The number of esters is 1. The van der Waals surface area contributed by atoms with Crippen molar-refractivity contribution in [1.82, 2.24) is 10.2 Å². The van der Waals surface area contributed by atoms with Gasteiger partial charge in [0, 0.05) is 13.8 Å². The van der Waals surface area contributed by atoms with E-state index in [0.717, 1.165) is 13.8 Å². The first-order valence-corrected chi connectivity index (χ1v) is 7.77. The van der Waals surface area contributed by atoms with Gasteiger partial charge in [0.25, 0.3) is 5.91 Å². The van der Waals surface area contributed by atoms with Gasteiger partial charge in [0.1, 0.15) is 12.6 Å². The lowest BCUT2D eigenvalue weighted by atomic mass is 10.0. The first-order valence-electron chi connectivity index (χ1n) is 7.77. The summed E-state index contributed by atoms with van der Waals surface area (Å²) in [5.74, 6) is -9.58. The van der Waals surface area contributed by atoms with E-state index in [4.69, 9.17) is 0 Å². The van der Waals surface area contributed by atoms with Gasteiger partial charge in [0.15, 0.2) is 6.61 Å². The monoisotopic (exact) mass is 404 g/mol. The zero-order chi connectivity index (χ0) is 21.6. The molecular weight excluding hydrogens is 383 g/mol. The standard InChI is InChI=1S/C15H21F5N2O5/c1-8(2)5-11(21-9(3)23)13(26)22(10(4)24)6-12(25)27-7-14(16,17)15(18,19)20/h8,11H,5-7H2,1-4H3,(H,21,23). The van der Waals surface area contributed by atoms with E-state index >= 15 is 0 Å². The number of nitrogens with zero attached hydrogens (tertiary/aromatic N) is 1. The number of carbonyl (C=O) groups is 4. The van der Waals surface area contributed by atoms with Crippen LogP contribution < -0.4 is 5.32 Å². The lowest BCUT2D eigenvalue weighted by Crippen LogP contribution is -2.52. The quantitative estimate of drug-likeness (QED) is 0.491. The molecule has 0 aromatic heterocycles. The second kappa shape index (κ2) is 9.60. The Morgan fingerprint density at radius 3 is 1.93 bits per heavy atom. The fraction of sp³-hybridized carbons (Fsp3) is 0.733. The van der Waals surface area contributed by atoms with E-state index in [0.29, 0.717) is 4.90 Å². The van der Waals surface area contributed by atoms with Crippen molar-refractivity contribution in [3.05, 3.63) is 0 Å². The second-order valence-electron chi connectivity index (χ2n) is 6.19. The van der Waals surface area contributed by atoms with Crippen molar-refractivity contribution in [2.45, 2.75) is 52.3 Å². The number of nitrogens with one attached hydrogen (secondary N) is 1. The van der Waals surface area contributed by atoms with Crippen LogP contribution in [0.25, 0.3) is 0 Å². The molecule has 156 valence electrons. The van der Waals surface area contributed by atoms with Crippen LogP contribution in [0.1, 0.15) is 34.1 Å². The number of hydrogen-bond donors (Lipinski definition) is 1. The third kappa shape index (κ3) is 8.31. The van der Waals surface area contributed by atoms with Gasteiger partial charge >= 0.3 is 18.1 Å². The highest BCUT2D eigenvalue weighted by Gasteiger charge is 2.58. The number of imide groups is 1. The molecular formula is C15H21F5N2O5. The number of carbonyl (C=O) groups excluding carboxylic acids is 4. The minimum absolute atomic E-state index is 0.1000. The Labute approximate surface area is 152 Å². The fourth-order valence-corrected chi connectivity index (χ4v) is 1.90. The molecule has 1 atom stereocenters. The Balaban J connectivity index is 5.15. The van der Waals surface area contributed by atoms with Gasteiger partial charge < -0.3 is 10.1 Å². The van der Waals surface area contributed by atoms with Gasteiger partial charge in [-0.05, 0) is 12.3 Å². The normalized spacial score (nSPS) is 13.1.